The van der Waals surface area contributed by atoms with Crippen molar-refractivity contribution < 1.29 is 9.53 Å². The summed E-state index contributed by atoms with van der Waals surface area (Å²) in [4.78, 5) is 17.2. The SMILES string of the molecule is CCN(CC)CCOc1ccc(C)nc1C=O. The Balaban J connectivity index is 2.54. The topological polar surface area (TPSA) is 42.4 Å². The molecule has 0 aromatic carbocycles. The number of likely N-dealkylation sites (N-methyl/N-ethyl adjacent to an activating group) is 1. The highest BCUT2D eigenvalue weighted by molar-refractivity contribution is 5.76. The van der Waals surface area contributed by atoms with E-state index in [-0.39, 0.29) is 0 Å². The minimum absolute atomic E-state index is 0.379. The maximum absolute atomic E-state index is 10.8. The molecule has 17 heavy (non-hydrogen) atoms. The van der Waals surface area contributed by atoms with Gasteiger partial charge in [-0.15, -0.1) is 0 Å². The zero-order valence-corrected chi connectivity index (χ0v) is 10.8. The fourth-order valence-electron chi connectivity index (χ4n) is 1.60. The first kappa shape index (κ1) is 13.6. The van der Waals surface area contributed by atoms with E-state index in [2.05, 4.69) is 23.7 Å². The molecule has 0 N–H and O–H groups in total. The minimum atomic E-state index is 0.379. The van der Waals surface area contributed by atoms with Crippen LogP contribution in [0.15, 0.2) is 12.1 Å². The third-order valence-corrected chi connectivity index (χ3v) is 2.70. The molecule has 0 aliphatic carbocycles. The van der Waals surface area contributed by atoms with E-state index in [1.165, 1.54) is 0 Å². The molecule has 0 radical (unpaired) electrons. The molecular weight excluding hydrogens is 216 g/mol. The molecule has 0 unspecified atom stereocenters. The summed E-state index contributed by atoms with van der Waals surface area (Å²) in [6, 6.07) is 3.65. The lowest BCUT2D eigenvalue weighted by molar-refractivity contribution is 0.111. The maximum atomic E-state index is 10.8. The second-order valence-electron chi connectivity index (χ2n) is 3.83. The molecule has 1 aromatic rings. The maximum Gasteiger partial charge on any atom is 0.172 e. The summed E-state index contributed by atoms with van der Waals surface area (Å²) in [5.74, 6) is 0.567. The van der Waals surface area contributed by atoms with Crippen LogP contribution in [0.1, 0.15) is 30.0 Å². The third-order valence-electron chi connectivity index (χ3n) is 2.70. The van der Waals surface area contributed by atoms with Gasteiger partial charge in [-0.05, 0) is 32.1 Å². The fraction of sp³-hybridized carbons (Fsp3) is 0.538. The lowest BCUT2D eigenvalue weighted by Crippen LogP contribution is -2.28. The lowest BCUT2D eigenvalue weighted by Gasteiger charge is -2.18. The van der Waals surface area contributed by atoms with Crippen molar-refractivity contribution in [1.29, 1.82) is 0 Å². The molecule has 0 aliphatic rings. The first-order chi connectivity index (χ1) is 8.21. The number of pyridine rings is 1. The van der Waals surface area contributed by atoms with Gasteiger partial charge >= 0.3 is 0 Å². The van der Waals surface area contributed by atoms with Gasteiger partial charge in [0.2, 0.25) is 0 Å². The van der Waals surface area contributed by atoms with E-state index >= 15 is 0 Å². The van der Waals surface area contributed by atoms with Crippen LogP contribution in [-0.2, 0) is 0 Å². The molecule has 0 atom stereocenters. The van der Waals surface area contributed by atoms with Gasteiger partial charge in [-0.2, -0.15) is 0 Å². The van der Waals surface area contributed by atoms with Gasteiger partial charge in [0.1, 0.15) is 18.1 Å². The number of nitrogens with zero attached hydrogens (tertiary/aromatic N) is 2. The summed E-state index contributed by atoms with van der Waals surface area (Å²) in [5.41, 5.74) is 1.20. The highest BCUT2D eigenvalue weighted by atomic mass is 16.5. The first-order valence-electron chi connectivity index (χ1n) is 5.99. The van der Waals surface area contributed by atoms with Crippen LogP contribution in [0, 0.1) is 6.92 Å². The summed E-state index contributed by atoms with van der Waals surface area (Å²) >= 11 is 0. The Morgan fingerprint density at radius 1 is 1.35 bits per heavy atom. The summed E-state index contributed by atoms with van der Waals surface area (Å²) in [5, 5.41) is 0. The molecule has 1 heterocycles. The molecule has 0 amide bonds. The van der Waals surface area contributed by atoms with E-state index in [1.54, 1.807) is 6.07 Å². The third kappa shape index (κ3) is 4.15. The van der Waals surface area contributed by atoms with Crippen LogP contribution in [0.5, 0.6) is 5.75 Å². The Bertz CT molecular complexity index is 362. The molecule has 0 spiro atoms. The molecule has 94 valence electrons. The number of ether oxygens (including phenoxy) is 1. The van der Waals surface area contributed by atoms with E-state index in [1.807, 2.05) is 13.0 Å². The molecule has 1 aromatic heterocycles. The van der Waals surface area contributed by atoms with Crippen molar-refractivity contribution in [2.45, 2.75) is 20.8 Å². The largest absolute Gasteiger partial charge is 0.490 e. The van der Waals surface area contributed by atoms with E-state index < -0.39 is 0 Å². The Morgan fingerprint density at radius 3 is 2.65 bits per heavy atom. The quantitative estimate of drug-likeness (QED) is 0.678. The number of hydrogen-bond acceptors (Lipinski definition) is 4. The number of aromatic nitrogens is 1. The molecule has 0 saturated heterocycles. The van der Waals surface area contributed by atoms with Gasteiger partial charge in [0.15, 0.2) is 6.29 Å². The van der Waals surface area contributed by atoms with Gasteiger partial charge in [0.25, 0.3) is 0 Å². The van der Waals surface area contributed by atoms with Crippen LogP contribution in [0.4, 0.5) is 0 Å². The zero-order valence-electron chi connectivity index (χ0n) is 10.8. The van der Waals surface area contributed by atoms with Gasteiger partial charge in [-0.25, -0.2) is 4.98 Å². The van der Waals surface area contributed by atoms with Crippen molar-refractivity contribution in [1.82, 2.24) is 9.88 Å². The average molecular weight is 236 g/mol. The van der Waals surface area contributed by atoms with Crippen LogP contribution < -0.4 is 4.74 Å². The van der Waals surface area contributed by atoms with E-state index in [9.17, 15) is 4.79 Å². The Morgan fingerprint density at radius 2 is 2.06 bits per heavy atom. The predicted molar refractivity (Wildman–Crippen MR) is 67.6 cm³/mol. The molecule has 1 rings (SSSR count). The van der Waals surface area contributed by atoms with Crippen LogP contribution in [0.2, 0.25) is 0 Å². The van der Waals surface area contributed by atoms with Crippen molar-refractivity contribution in [3.8, 4) is 5.75 Å². The van der Waals surface area contributed by atoms with Gasteiger partial charge in [0, 0.05) is 12.2 Å². The fourth-order valence-corrected chi connectivity index (χ4v) is 1.60. The van der Waals surface area contributed by atoms with Crippen molar-refractivity contribution in [2.75, 3.05) is 26.2 Å². The molecule has 0 fully saturated rings. The van der Waals surface area contributed by atoms with Gasteiger partial charge in [-0.1, -0.05) is 13.8 Å². The van der Waals surface area contributed by atoms with Gasteiger partial charge < -0.3 is 9.64 Å². The smallest absolute Gasteiger partial charge is 0.172 e. The normalized spacial score (nSPS) is 10.6. The second kappa shape index (κ2) is 7.01. The molecule has 4 nitrogen and oxygen atoms in total. The second-order valence-corrected chi connectivity index (χ2v) is 3.83. The van der Waals surface area contributed by atoms with E-state index in [0.717, 1.165) is 31.6 Å². The van der Waals surface area contributed by atoms with E-state index in [0.29, 0.717) is 18.1 Å². The van der Waals surface area contributed by atoms with Crippen molar-refractivity contribution in [3.63, 3.8) is 0 Å². The molecule has 4 heteroatoms. The molecule has 0 aliphatic heterocycles. The number of carbonyl (C=O) groups is 1. The van der Waals surface area contributed by atoms with Crippen LogP contribution in [0.3, 0.4) is 0 Å². The van der Waals surface area contributed by atoms with Crippen LogP contribution >= 0.6 is 0 Å². The van der Waals surface area contributed by atoms with Gasteiger partial charge in [-0.3, -0.25) is 4.79 Å². The van der Waals surface area contributed by atoms with E-state index in [4.69, 9.17) is 4.74 Å². The number of aryl methyl sites for hydroxylation is 1. The number of rotatable bonds is 7. The van der Waals surface area contributed by atoms with Crippen molar-refractivity contribution in [3.05, 3.63) is 23.5 Å². The summed E-state index contributed by atoms with van der Waals surface area (Å²) in [6.45, 7) is 9.54. The van der Waals surface area contributed by atoms with Crippen LogP contribution in [0.25, 0.3) is 0 Å². The van der Waals surface area contributed by atoms with Crippen LogP contribution in [-0.4, -0.2) is 42.4 Å². The van der Waals surface area contributed by atoms with Crippen molar-refractivity contribution in [2.24, 2.45) is 0 Å². The highest BCUT2D eigenvalue weighted by Crippen LogP contribution is 2.14. The van der Waals surface area contributed by atoms with Crippen molar-refractivity contribution >= 4 is 6.29 Å². The first-order valence-corrected chi connectivity index (χ1v) is 5.99. The Kier molecular flexibility index (Phi) is 5.63. The number of aldehydes is 1. The summed E-state index contributed by atoms with van der Waals surface area (Å²) in [7, 11) is 0. The lowest BCUT2D eigenvalue weighted by atomic mass is 10.3. The summed E-state index contributed by atoms with van der Waals surface area (Å²) in [6.07, 6.45) is 0.736. The number of hydrogen-bond donors (Lipinski definition) is 0. The summed E-state index contributed by atoms with van der Waals surface area (Å²) < 4.78 is 5.58. The zero-order chi connectivity index (χ0) is 12.7. The Labute approximate surface area is 103 Å². The van der Waals surface area contributed by atoms with Gasteiger partial charge in [0.05, 0.1) is 0 Å². The standard InChI is InChI=1S/C13H20N2O2/c1-4-15(5-2)8-9-17-13-7-6-11(3)14-12(13)10-16/h6-7,10H,4-5,8-9H2,1-3H3. The highest BCUT2D eigenvalue weighted by Gasteiger charge is 2.05. The number of carbonyl (C=O) groups excluding carboxylic acids is 1. The average Bonchev–Trinajstić information content (AvgIpc) is 2.36. The molecule has 0 saturated carbocycles. The minimum Gasteiger partial charge on any atom is -0.490 e. The monoisotopic (exact) mass is 236 g/mol. The molecular formula is C13H20N2O2. The molecule has 0 bridgehead atoms. The Hall–Kier alpha value is -1.42. The predicted octanol–water partition coefficient (Wildman–Crippen LogP) is 1.92.